The summed E-state index contributed by atoms with van der Waals surface area (Å²) in [5.74, 6) is -0.732. The number of fused-ring (bicyclic) bond motifs is 1. The minimum Gasteiger partial charge on any atom is -0.326 e. The number of amides is 3. The van der Waals surface area contributed by atoms with E-state index in [9.17, 15) is 14.4 Å². The summed E-state index contributed by atoms with van der Waals surface area (Å²) >= 11 is 0. The number of hydrogen-bond donors (Lipinski definition) is 1. The van der Waals surface area contributed by atoms with Crippen molar-refractivity contribution in [3.63, 3.8) is 0 Å². The summed E-state index contributed by atoms with van der Waals surface area (Å²) in [6.07, 6.45) is 6.19. The molecule has 31 heavy (non-hydrogen) atoms. The molecule has 3 aliphatic carbocycles. The van der Waals surface area contributed by atoms with Crippen LogP contribution >= 0.6 is 0 Å². The van der Waals surface area contributed by atoms with Crippen LogP contribution in [0.1, 0.15) is 36.4 Å². The molecule has 6 rings (SSSR count). The molecule has 0 radical (unpaired) electrons. The standard InChI is InChI=1S/C26H26N2O3/c1-16-7-5-6-10-20(16)27-22(29)15-21(17-8-3-2-4-9-17)28-25(30)23-18-11-12-19(14-13-18)24(23)26(28)31/h2-12,18-19,21,23-24H,13-15H2,1H3,(H,27,29). The number of likely N-dealkylation sites (tertiary alicyclic amines) is 1. The Labute approximate surface area is 182 Å². The molecule has 5 heteroatoms. The van der Waals surface area contributed by atoms with E-state index in [4.69, 9.17) is 0 Å². The van der Waals surface area contributed by atoms with E-state index in [1.807, 2.05) is 61.5 Å². The van der Waals surface area contributed by atoms with Gasteiger partial charge in [-0.3, -0.25) is 19.3 Å². The molecule has 2 aromatic rings. The van der Waals surface area contributed by atoms with Crippen molar-refractivity contribution in [3.05, 3.63) is 77.9 Å². The zero-order chi connectivity index (χ0) is 21.5. The molecule has 2 bridgehead atoms. The van der Waals surface area contributed by atoms with Gasteiger partial charge in [0.2, 0.25) is 17.7 Å². The van der Waals surface area contributed by atoms with Gasteiger partial charge in [0.05, 0.1) is 24.3 Å². The summed E-state index contributed by atoms with van der Waals surface area (Å²) in [6.45, 7) is 1.94. The third-order valence-electron chi connectivity index (χ3n) is 7.09. The molecule has 1 heterocycles. The number of benzene rings is 2. The Bertz CT molecular complexity index is 1030. The van der Waals surface area contributed by atoms with Crippen LogP contribution in [-0.2, 0) is 14.4 Å². The molecular weight excluding hydrogens is 388 g/mol. The highest BCUT2D eigenvalue weighted by molar-refractivity contribution is 6.07. The largest absolute Gasteiger partial charge is 0.326 e. The van der Waals surface area contributed by atoms with Crippen molar-refractivity contribution >= 4 is 23.4 Å². The van der Waals surface area contributed by atoms with Crippen LogP contribution in [-0.4, -0.2) is 22.6 Å². The van der Waals surface area contributed by atoms with Gasteiger partial charge in [-0.2, -0.15) is 0 Å². The van der Waals surface area contributed by atoms with Gasteiger partial charge in [0.1, 0.15) is 0 Å². The van der Waals surface area contributed by atoms with Gasteiger partial charge in [-0.15, -0.1) is 0 Å². The lowest BCUT2D eigenvalue weighted by molar-refractivity contribution is -0.143. The molecule has 1 aliphatic heterocycles. The smallest absolute Gasteiger partial charge is 0.234 e. The number of nitrogens with one attached hydrogen (secondary N) is 1. The van der Waals surface area contributed by atoms with Crippen molar-refractivity contribution in [1.29, 1.82) is 0 Å². The third kappa shape index (κ3) is 3.38. The van der Waals surface area contributed by atoms with Crippen LogP contribution in [0.25, 0.3) is 0 Å². The fourth-order valence-corrected chi connectivity index (χ4v) is 5.53. The summed E-state index contributed by atoms with van der Waals surface area (Å²) in [7, 11) is 0. The second-order valence-corrected chi connectivity index (χ2v) is 8.88. The van der Waals surface area contributed by atoms with E-state index in [2.05, 4.69) is 17.5 Å². The first-order valence-electron chi connectivity index (χ1n) is 11.0. The molecule has 2 fully saturated rings. The van der Waals surface area contributed by atoms with Crippen molar-refractivity contribution in [2.24, 2.45) is 23.7 Å². The Kier molecular flexibility index (Phi) is 4.97. The van der Waals surface area contributed by atoms with Gasteiger partial charge in [-0.05, 0) is 48.8 Å². The van der Waals surface area contributed by atoms with E-state index in [1.165, 1.54) is 4.90 Å². The number of para-hydroxylation sites is 1. The average Bonchev–Trinajstić information content (AvgIpc) is 3.07. The van der Waals surface area contributed by atoms with Gasteiger partial charge >= 0.3 is 0 Å². The van der Waals surface area contributed by atoms with Gasteiger partial charge in [0, 0.05) is 5.69 Å². The predicted molar refractivity (Wildman–Crippen MR) is 118 cm³/mol. The maximum Gasteiger partial charge on any atom is 0.234 e. The second kappa shape index (κ2) is 7.80. The zero-order valence-corrected chi connectivity index (χ0v) is 17.5. The number of aryl methyl sites for hydroxylation is 1. The van der Waals surface area contributed by atoms with Crippen LogP contribution in [0.2, 0.25) is 0 Å². The molecular formula is C26H26N2O3. The van der Waals surface area contributed by atoms with Gasteiger partial charge in [-0.1, -0.05) is 60.7 Å². The number of hydrogen-bond acceptors (Lipinski definition) is 3. The summed E-state index contributed by atoms with van der Waals surface area (Å²) in [5.41, 5.74) is 2.52. The monoisotopic (exact) mass is 414 g/mol. The van der Waals surface area contributed by atoms with Crippen molar-refractivity contribution < 1.29 is 14.4 Å². The van der Waals surface area contributed by atoms with E-state index in [1.54, 1.807) is 0 Å². The maximum atomic E-state index is 13.5. The minimum atomic E-state index is -0.602. The Hall–Kier alpha value is -3.21. The molecule has 5 unspecified atom stereocenters. The first-order valence-corrected chi connectivity index (χ1v) is 11.0. The van der Waals surface area contributed by atoms with Gasteiger partial charge in [-0.25, -0.2) is 0 Å². The quantitative estimate of drug-likeness (QED) is 0.587. The van der Waals surface area contributed by atoms with Gasteiger partial charge in [0.25, 0.3) is 0 Å². The Morgan fingerprint density at radius 1 is 0.935 bits per heavy atom. The third-order valence-corrected chi connectivity index (χ3v) is 7.09. The van der Waals surface area contributed by atoms with Crippen LogP contribution in [0.15, 0.2) is 66.7 Å². The first kappa shape index (κ1) is 19.7. The molecule has 0 spiro atoms. The van der Waals surface area contributed by atoms with Crippen LogP contribution in [0, 0.1) is 30.6 Å². The van der Waals surface area contributed by atoms with E-state index < -0.39 is 6.04 Å². The van der Waals surface area contributed by atoms with Crippen molar-refractivity contribution in [3.8, 4) is 0 Å². The van der Waals surface area contributed by atoms with Crippen LogP contribution in [0.3, 0.4) is 0 Å². The number of imide groups is 1. The van der Waals surface area contributed by atoms with E-state index in [0.29, 0.717) is 0 Å². The number of carbonyl (C=O) groups excluding carboxylic acids is 3. The predicted octanol–water partition coefficient (Wildman–Crippen LogP) is 4.26. The topological polar surface area (TPSA) is 66.5 Å². The highest BCUT2D eigenvalue weighted by Crippen LogP contribution is 2.51. The fraction of sp³-hybridized carbons (Fsp3) is 0.346. The Balaban J connectivity index is 1.45. The summed E-state index contributed by atoms with van der Waals surface area (Å²) in [6, 6.07) is 16.4. The molecule has 2 aromatic carbocycles. The van der Waals surface area contributed by atoms with Crippen molar-refractivity contribution in [2.75, 3.05) is 5.32 Å². The highest BCUT2D eigenvalue weighted by Gasteiger charge is 2.58. The average molecular weight is 415 g/mol. The summed E-state index contributed by atoms with van der Waals surface area (Å²) in [5, 5.41) is 2.96. The SMILES string of the molecule is Cc1ccccc1NC(=O)CC(c1ccccc1)N1C(=O)C2C3C=CC(CC3)C2C1=O. The zero-order valence-electron chi connectivity index (χ0n) is 17.5. The van der Waals surface area contributed by atoms with Crippen LogP contribution in [0.5, 0.6) is 0 Å². The maximum absolute atomic E-state index is 13.5. The lowest BCUT2D eigenvalue weighted by Gasteiger charge is -2.38. The number of nitrogens with zero attached hydrogens (tertiary/aromatic N) is 1. The van der Waals surface area contributed by atoms with E-state index >= 15 is 0 Å². The summed E-state index contributed by atoms with van der Waals surface area (Å²) in [4.78, 5) is 41.4. The minimum absolute atomic E-state index is 0.0397. The van der Waals surface area contributed by atoms with Crippen molar-refractivity contribution in [1.82, 2.24) is 4.90 Å². The lowest BCUT2D eigenvalue weighted by Crippen LogP contribution is -2.38. The molecule has 3 amide bonds. The van der Waals surface area contributed by atoms with Crippen LogP contribution in [0.4, 0.5) is 5.69 Å². The van der Waals surface area contributed by atoms with Crippen molar-refractivity contribution in [2.45, 2.75) is 32.2 Å². The molecule has 5 nitrogen and oxygen atoms in total. The molecule has 1 saturated carbocycles. The molecule has 4 aliphatic rings. The number of carbonyl (C=O) groups is 3. The number of allylic oxidation sites excluding steroid dienone is 2. The van der Waals surface area contributed by atoms with E-state index in [0.717, 1.165) is 29.7 Å². The van der Waals surface area contributed by atoms with Gasteiger partial charge in [0.15, 0.2) is 0 Å². The Morgan fingerprint density at radius 3 is 2.10 bits per heavy atom. The first-order chi connectivity index (χ1) is 15.0. The molecule has 0 aromatic heterocycles. The lowest BCUT2D eigenvalue weighted by atomic mass is 9.63. The highest BCUT2D eigenvalue weighted by atomic mass is 16.2. The normalized spacial score (nSPS) is 27.3. The van der Waals surface area contributed by atoms with Crippen LogP contribution < -0.4 is 5.32 Å². The van der Waals surface area contributed by atoms with E-state index in [-0.39, 0.29) is 47.8 Å². The summed E-state index contributed by atoms with van der Waals surface area (Å²) < 4.78 is 0. The molecule has 5 atom stereocenters. The number of rotatable bonds is 5. The molecule has 1 saturated heterocycles. The second-order valence-electron chi connectivity index (χ2n) is 8.88. The number of anilines is 1. The van der Waals surface area contributed by atoms with Gasteiger partial charge < -0.3 is 5.32 Å². The molecule has 158 valence electrons. The fourth-order valence-electron chi connectivity index (χ4n) is 5.53. The molecule has 1 N–H and O–H groups in total. The Morgan fingerprint density at radius 2 is 1.52 bits per heavy atom.